The van der Waals surface area contributed by atoms with Crippen LogP contribution in [0.4, 0.5) is 15.8 Å². The molecule has 0 saturated carbocycles. The summed E-state index contributed by atoms with van der Waals surface area (Å²) < 4.78 is 18.8. The highest BCUT2D eigenvalue weighted by Gasteiger charge is 2.38. The maximum Gasteiger partial charge on any atom is 0.239 e. The zero-order valence-corrected chi connectivity index (χ0v) is 14.1. The van der Waals surface area contributed by atoms with Crippen LogP contribution in [0.5, 0.6) is 5.75 Å². The van der Waals surface area contributed by atoms with E-state index in [4.69, 9.17) is 4.74 Å². The molecule has 1 aliphatic rings. The molecule has 5 nitrogen and oxygen atoms in total. The molecule has 2 aromatic carbocycles. The van der Waals surface area contributed by atoms with Crippen molar-refractivity contribution in [2.75, 3.05) is 23.9 Å². The Morgan fingerprint density at radius 3 is 2.64 bits per heavy atom. The van der Waals surface area contributed by atoms with E-state index in [2.05, 4.69) is 5.32 Å². The monoisotopic (exact) mass is 342 g/mol. The van der Waals surface area contributed by atoms with Crippen molar-refractivity contribution in [1.82, 2.24) is 0 Å². The molecule has 0 bridgehead atoms. The summed E-state index contributed by atoms with van der Waals surface area (Å²) in [4.78, 5) is 26.6. The lowest BCUT2D eigenvalue weighted by atomic mass is 10.1. The number of methoxy groups -OCH3 is 1. The summed E-state index contributed by atoms with van der Waals surface area (Å²) in [6.07, 6.45) is 0.400. The van der Waals surface area contributed by atoms with Crippen molar-refractivity contribution in [3.05, 3.63) is 53.8 Å². The van der Waals surface area contributed by atoms with E-state index >= 15 is 0 Å². The highest BCUT2D eigenvalue weighted by molar-refractivity contribution is 6.13. The number of ether oxygens (including phenoxy) is 1. The summed E-state index contributed by atoms with van der Waals surface area (Å²) in [5.41, 5.74) is 1.52. The molecule has 1 fully saturated rings. The Morgan fingerprint density at radius 1 is 1.24 bits per heavy atom. The maximum absolute atomic E-state index is 13.7. The molecule has 2 aromatic rings. The number of hydrogen-bond donors (Lipinski definition) is 1. The summed E-state index contributed by atoms with van der Waals surface area (Å²) in [5.74, 6) is -1.12. The number of benzene rings is 2. The Kier molecular flexibility index (Phi) is 4.70. The van der Waals surface area contributed by atoms with Crippen molar-refractivity contribution in [3.63, 3.8) is 0 Å². The van der Waals surface area contributed by atoms with Crippen LogP contribution < -0.4 is 15.0 Å². The summed E-state index contributed by atoms with van der Waals surface area (Å²) in [6, 6.07) is 11.5. The molecule has 1 heterocycles. The van der Waals surface area contributed by atoms with Crippen LogP contribution in [0, 0.1) is 18.7 Å². The fourth-order valence-corrected chi connectivity index (χ4v) is 2.95. The van der Waals surface area contributed by atoms with E-state index < -0.39 is 5.92 Å². The third-order valence-corrected chi connectivity index (χ3v) is 4.41. The minimum atomic E-state index is -0.773. The molecule has 0 aliphatic carbocycles. The van der Waals surface area contributed by atoms with Gasteiger partial charge in [0.2, 0.25) is 11.8 Å². The molecular weight excluding hydrogens is 323 g/mol. The van der Waals surface area contributed by atoms with Gasteiger partial charge in [-0.1, -0.05) is 6.07 Å². The lowest BCUT2D eigenvalue weighted by Gasteiger charge is -2.19. The Morgan fingerprint density at radius 2 is 1.96 bits per heavy atom. The fourth-order valence-electron chi connectivity index (χ4n) is 2.95. The lowest BCUT2D eigenvalue weighted by Crippen LogP contribution is -2.33. The van der Waals surface area contributed by atoms with Crippen LogP contribution in [0.1, 0.15) is 12.0 Å². The molecule has 2 amide bonds. The first-order valence-electron chi connectivity index (χ1n) is 8.02. The number of amides is 2. The SMILES string of the molecule is COc1ccc(NC(=O)[C@@H]2CCN(c3cccc(F)c3C)C2=O)cc1. The predicted octanol–water partition coefficient (Wildman–Crippen LogP) is 3.13. The number of carbonyl (C=O) groups excluding carboxylic acids is 2. The normalized spacial score (nSPS) is 16.8. The second-order valence-electron chi connectivity index (χ2n) is 5.93. The fraction of sp³-hybridized carbons (Fsp3) is 0.263. The number of halogens is 1. The predicted molar refractivity (Wildman–Crippen MR) is 93.2 cm³/mol. The Hall–Kier alpha value is -2.89. The van der Waals surface area contributed by atoms with Crippen LogP contribution in [0.3, 0.4) is 0 Å². The van der Waals surface area contributed by atoms with Gasteiger partial charge in [0.15, 0.2) is 0 Å². The van der Waals surface area contributed by atoms with Gasteiger partial charge in [0.25, 0.3) is 0 Å². The van der Waals surface area contributed by atoms with E-state index in [1.807, 2.05) is 0 Å². The second kappa shape index (κ2) is 6.93. The summed E-state index contributed by atoms with van der Waals surface area (Å²) in [5, 5.41) is 2.75. The molecule has 130 valence electrons. The van der Waals surface area contributed by atoms with Crippen molar-refractivity contribution in [2.24, 2.45) is 5.92 Å². The highest BCUT2D eigenvalue weighted by atomic mass is 19.1. The first-order chi connectivity index (χ1) is 12.0. The quantitative estimate of drug-likeness (QED) is 0.869. The number of carbonyl (C=O) groups is 2. The molecule has 0 aromatic heterocycles. The van der Waals surface area contributed by atoms with Gasteiger partial charge in [0.1, 0.15) is 17.5 Å². The van der Waals surface area contributed by atoms with Gasteiger partial charge in [0.05, 0.1) is 7.11 Å². The van der Waals surface area contributed by atoms with Gasteiger partial charge in [-0.05, 0) is 49.7 Å². The molecule has 0 radical (unpaired) electrons. The number of hydrogen-bond acceptors (Lipinski definition) is 3. The van der Waals surface area contributed by atoms with Gasteiger partial charge in [-0.2, -0.15) is 0 Å². The number of anilines is 2. The lowest BCUT2D eigenvalue weighted by molar-refractivity contribution is -0.129. The van der Waals surface area contributed by atoms with Crippen molar-refractivity contribution < 1.29 is 18.7 Å². The maximum atomic E-state index is 13.7. The van der Waals surface area contributed by atoms with Crippen LogP contribution in [-0.2, 0) is 9.59 Å². The average Bonchev–Trinajstić information content (AvgIpc) is 2.99. The van der Waals surface area contributed by atoms with Crippen molar-refractivity contribution in [1.29, 1.82) is 0 Å². The second-order valence-corrected chi connectivity index (χ2v) is 5.93. The van der Waals surface area contributed by atoms with Gasteiger partial charge in [0, 0.05) is 23.5 Å². The number of rotatable bonds is 4. The molecular formula is C19H19FN2O3. The first kappa shape index (κ1) is 17.0. The van der Waals surface area contributed by atoms with Crippen LogP contribution in [0.15, 0.2) is 42.5 Å². The molecule has 0 spiro atoms. The molecule has 1 N–H and O–H groups in total. The topological polar surface area (TPSA) is 58.6 Å². The Bertz CT molecular complexity index is 805. The molecule has 1 aliphatic heterocycles. The summed E-state index contributed by atoms with van der Waals surface area (Å²) in [7, 11) is 1.56. The largest absolute Gasteiger partial charge is 0.497 e. The zero-order valence-electron chi connectivity index (χ0n) is 14.1. The van der Waals surface area contributed by atoms with Crippen LogP contribution >= 0.6 is 0 Å². The van der Waals surface area contributed by atoms with Crippen molar-refractivity contribution in [3.8, 4) is 5.75 Å². The average molecular weight is 342 g/mol. The number of nitrogens with zero attached hydrogens (tertiary/aromatic N) is 1. The smallest absolute Gasteiger partial charge is 0.239 e. The molecule has 6 heteroatoms. The standard InChI is InChI=1S/C19H19FN2O3/c1-12-16(20)4-3-5-17(12)22-11-10-15(19(22)24)18(23)21-13-6-8-14(25-2)9-7-13/h3-9,15H,10-11H2,1-2H3,(H,21,23)/t15-/m0/s1. The third-order valence-electron chi connectivity index (χ3n) is 4.41. The van der Waals surface area contributed by atoms with Crippen molar-refractivity contribution >= 4 is 23.2 Å². The first-order valence-corrected chi connectivity index (χ1v) is 8.02. The van der Waals surface area contributed by atoms with E-state index in [9.17, 15) is 14.0 Å². The number of nitrogens with one attached hydrogen (secondary N) is 1. The summed E-state index contributed by atoms with van der Waals surface area (Å²) in [6.45, 7) is 2.02. The van der Waals surface area contributed by atoms with Gasteiger partial charge in [-0.25, -0.2) is 4.39 Å². The summed E-state index contributed by atoms with van der Waals surface area (Å²) >= 11 is 0. The van der Waals surface area contributed by atoms with E-state index in [-0.39, 0.29) is 17.6 Å². The zero-order chi connectivity index (χ0) is 18.0. The molecule has 25 heavy (non-hydrogen) atoms. The minimum absolute atomic E-state index is 0.306. The van der Waals surface area contributed by atoms with E-state index in [0.717, 1.165) is 0 Å². The Balaban J connectivity index is 1.72. The van der Waals surface area contributed by atoms with Crippen LogP contribution in [0.25, 0.3) is 0 Å². The van der Waals surface area contributed by atoms with Crippen LogP contribution in [0.2, 0.25) is 0 Å². The van der Waals surface area contributed by atoms with Crippen molar-refractivity contribution in [2.45, 2.75) is 13.3 Å². The van der Waals surface area contributed by atoms with E-state index in [0.29, 0.717) is 35.7 Å². The third kappa shape index (κ3) is 3.33. The highest BCUT2D eigenvalue weighted by Crippen LogP contribution is 2.30. The van der Waals surface area contributed by atoms with E-state index in [1.54, 1.807) is 50.4 Å². The molecule has 1 saturated heterocycles. The van der Waals surface area contributed by atoms with E-state index in [1.165, 1.54) is 11.0 Å². The molecule has 3 rings (SSSR count). The van der Waals surface area contributed by atoms with Gasteiger partial charge in [-0.3, -0.25) is 9.59 Å². The molecule has 0 unspecified atom stereocenters. The molecule has 1 atom stereocenters. The van der Waals surface area contributed by atoms with Gasteiger partial charge < -0.3 is 15.0 Å². The minimum Gasteiger partial charge on any atom is -0.497 e. The van der Waals surface area contributed by atoms with Crippen LogP contribution in [-0.4, -0.2) is 25.5 Å². The van der Waals surface area contributed by atoms with Gasteiger partial charge in [-0.15, -0.1) is 0 Å². The Labute approximate surface area is 145 Å². The van der Waals surface area contributed by atoms with Gasteiger partial charge >= 0.3 is 0 Å².